The summed E-state index contributed by atoms with van der Waals surface area (Å²) in [5, 5.41) is 15.8. The van der Waals surface area contributed by atoms with Crippen LogP contribution in [0.1, 0.15) is 80.5 Å². The lowest BCUT2D eigenvalue weighted by molar-refractivity contribution is -0.193. The van der Waals surface area contributed by atoms with Crippen LogP contribution in [0.2, 0.25) is 0 Å². The molecule has 0 heterocycles. The van der Waals surface area contributed by atoms with E-state index in [0.717, 1.165) is 35.2 Å². The fourth-order valence-electron chi connectivity index (χ4n) is 6.39. The standard InChI is InChI=1S/C46H61NO5/c1-3-5-6-7-8-9-22-32-47-42(23-4-2)44(50-34-39-26-16-11-17-27-39)46(52-36-41-30-20-13-21-31-41)45(51-35-40-28-18-12-19-29-40)43(48)37-49-33-38-24-14-10-15-25-38/h4,10-21,24-31,42-48H,2-3,5-9,22-23,32-37H2,1H3/t42?,43-,44+,45-,46-/m1/s1. The Balaban J connectivity index is 1.62. The Bertz CT molecular complexity index is 1440. The normalized spacial score (nSPS) is 14.3. The second-order valence-electron chi connectivity index (χ2n) is 13.6. The minimum absolute atomic E-state index is 0.0720. The molecule has 0 radical (unpaired) electrons. The van der Waals surface area contributed by atoms with E-state index in [9.17, 15) is 5.11 Å². The fourth-order valence-corrected chi connectivity index (χ4v) is 6.39. The van der Waals surface area contributed by atoms with E-state index in [-0.39, 0.29) is 12.6 Å². The average molecular weight is 708 g/mol. The molecule has 0 saturated heterocycles. The van der Waals surface area contributed by atoms with E-state index in [4.69, 9.17) is 18.9 Å². The van der Waals surface area contributed by atoms with Gasteiger partial charge in [-0.15, -0.1) is 6.58 Å². The minimum atomic E-state index is -0.997. The third kappa shape index (κ3) is 15.5. The molecule has 4 aromatic rings. The second-order valence-corrected chi connectivity index (χ2v) is 13.6. The Labute approximate surface area is 313 Å². The first-order valence-electron chi connectivity index (χ1n) is 19.3. The second kappa shape index (κ2) is 25.4. The van der Waals surface area contributed by atoms with Crippen LogP contribution in [-0.4, -0.2) is 48.7 Å². The van der Waals surface area contributed by atoms with Crippen LogP contribution >= 0.6 is 0 Å². The number of rotatable bonds is 28. The molecule has 4 aromatic carbocycles. The summed E-state index contributed by atoms with van der Waals surface area (Å²) in [6.45, 7) is 8.70. The van der Waals surface area contributed by atoms with Gasteiger partial charge in [0.1, 0.15) is 24.4 Å². The van der Waals surface area contributed by atoms with Crippen LogP contribution in [0.5, 0.6) is 0 Å². The van der Waals surface area contributed by atoms with Gasteiger partial charge >= 0.3 is 0 Å². The number of benzene rings is 4. The molecule has 6 heteroatoms. The van der Waals surface area contributed by atoms with E-state index in [2.05, 4.69) is 43.1 Å². The molecule has 0 amide bonds. The summed E-state index contributed by atoms with van der Waals surface area (Å²) in [7, 11) is 0. The lowest BCUT2D eigenvalue weighted by Gasteiger charge is -2.39. The van der Waals surface area contributed by atoms with Crippen molar-refractivity contribution < 1.29 is 24.1 Å². The molecule has 5 atom stereocenters. The molecule has 0 spiro atoms. The van der Waals surface area contributed by atoms with Crippen molar-refractivity contribution in [2.24, 2.45) is 0 Å². The third-order valence-electron chi connectivity index (χ3n) is 9.29. The first-order valence-corrected chi connectivity index (χ1v) is 19.3. The highest BCUT2D eigenvalue weighted by Crippen LogP contribution is 2.25. The number of ether oxygens (including phenoxy) is 4. The lowest BCUT2D eigenvalue weighted by Crippen LogP contribution is -2.56. The summed E-state index contributed by atoms with van der Waals surface area (Å²) in [5.74, 6) is 0. The van der Waals surface area contributed by atoms with Crippen LogP contribution < -0.4 is 5.32 Å². The zero-order valence-corrected chi connectivity index (χ0v) is 31.2. The molecule has 280 valence electrons. The molecule has 2 N–H and O–H groups in total. The van der Waals surface area contributed by atoms with Crippen LogP contribution in [0.3, 0.4) is 0 Å². The largest absolute Gasteiger partial charge is 0.388 e. The third-order valence-corrected chi connectivity index (χ3v) is 9.29. The maximum Gasteiger partial charge on any atom is 0.115 e. The number of hydrogen-bond acceptors (Lipinski definition) is 6. The van der Waals surface area contributed by atoms with Gasteiger partial charge < -0.3 is 29.4 Å². The molecule has 0 aliphatic heterocycles. The van der Waals surface area contributed by atoms with Gasteiger partial charge in [0.2, 0.25) is 0 Å². The summed E-state index contributed by atoms with van der Waals surface area (Å²) < 4.78 is 26.6. The summed E-state index contributed by atoms with van der Waals surface area (Å²) >= 11 is 0. The van der Waals surface area contributed by atoms with Crippen molar-refractivity contribution in [1.29, 1.82) is 0 Å². The Hall–Kier alpha value is -3.62. The molecule has 0 saturated carbocycles. The van der Waals surface area contributed by atoms with Gasteiger partial charge in [0.25, 0.3) is 0 Å². The molecule has 0 bridgehead atoms. The summed E-state index contributed by atoms with van der Waals surface area (Å²) in [4.78, 5) is 0. The van der Waals surface area contributed by atoms with E-state index < -0.39 is 24.4 Å². The van der Waals surface area contributed by atoms with Crippen LogP contribution in [0, 0.1) is 0 Å². The molecule has 1 unspecified atom stereocenters. The van der Waals surface area contributed by atoms with E-state index in [1.165, 1.54) is 38.5 Å². The van der Waals surface area contributed by atoms with Gasteiger partial charge in [0.15, 0.2) is 0 Å². The lowest BCUT2D eigenvalue weighted by atomic mass is 9.94. The zero-order chi connectivity index (χ0) is 36.5. The van der Waals surface area contributed by atoms with Gasteiger partial charge in [-0.1, -0.05) is 173 Å². The predicted octanol–water partition coefficient (Wildman–Crippen LogP) is 9.61. The van der Waals surface area contributed by atoms with E-state index in [0.29, 0.717) is 32.8 Å². The SMILES string of the molecule is C=CCC(NCCCCCCCCC)[C@H](OCc1ccccc1)[C@@H](OCc1ccccc1)[C@H](OCc1ccccc1)[C@H](O)COCc1ccccc1. The molecule has 4 rings (SSSR count). The van der Waals surface area contributed by atoms with Gasteiger partial charge in [-0.2, -0.15) is 0 Å². The number of aliphatic hydroxyl groups is 1. The number of hydrogen-bond donors (Lipinski definition) is 2. The first-order chi connectivity index (χ1) is 25.7. The highest BCUT2D eigenvalue weighted by atomic mass is 16.6. The van der Waals surface area contributed by atoms with Gasteiger partial charge in [0, 0.05) is 6.04 Å². The number of nitrogens with one attached hydrogen (secondary N) is 1. The van der Waals surface area contributed by atoms with E-state index >= 15 is 0 Å². The Morgan fingerprint density at radius 1 is 0.558 bits per heavy atom. The topological polar surface area (TPSA) is 69.2 Å². The van der Waals surface area contributed by atoms with Gasteiger partial charge in [-0.3, -0.25) is 0 Å². The Morgan fingerprint density at radius 3 is 1.46 bits per heavy atom. The van der Waals surface area contributed by atoms with Crippen molar-refractivity contribution in [3.8, 4) is 0 Å². The van der Waals surface area contributed by atoms with Crippen molar-refractivity contribution in [2.75, 3.05) is 13.2 Å². The van der Waals surface area contributed by atoms with Crippen LogP contribution in [0.15, 0.2) is 134 Å². The van der Waals surface area contributed by atoms with Crippen molar-refractivity contribution in [1.82, 2.24) is 5.32 Å². The maximum atomic E-state index is 12.0. The minimum Gasteiger partial charge on any atom is -0.388 e. The van der Waals surface area contributed by atoms with E-state index in [1.54, 1.807) is 0 Å². The van der Waals surface area contributed by atoms with Gasteiger partial charge in [0.05, 0.1) is 33.0 Å². The fraction of sp³-hybridized carbons (Fsp3) is 0.435. The molecule has 0 aliphatic rings. The van der Waals surface area contributed by atoms with Crippen LogP contribution in [0.25, 0.3) is 0 Å². The Morgan fingerprint density at radius 2 is 0.981 bits per heavy atom. The number of aliphatic hydroxyl groups excluding tert-OH is 1. The monoisotopic (exact) mass is 707 g/mol. The molecular weight excluding hydrogens is 647 g/mol. The highest BCUT2D eigenvalue weighted by Gasteiger charge is 2.40. The quantitative estimate of drug-likeness (QED) is 0.0453. The predicted molar refractivity (Wildman–Crippen MR) is 212 cm³/mol. The maximum absolute atomic E-state index is 12.0. The molecule has 6 nitrogen and oxygen atoms in total. The van der Waals surface area contributed by atoms with Gasteiger partial charge in [-0.25, -0.2) is 0 Å². The molecule has 52 heavy (non-hydrogen) atoms. The van der Waals surface area contributed by atoms with Crippen molar-refractivity contribution in [3.63, 3.8) is 0 Å². The molecule has 0 aliphatic carbocycles. The highest BCUT2D eigenvalue weighted by molar-refractivity contribution is 5.16. The van der Waals surface area contributed by atoms with Crippen LogP contribution in [0.4, 0.5) is 0 Å². The average Bonchev–Trinajstić information content (AvgIpc) is 3.19. The van der Waals surface area contributed by atoms with Gasteiger partial charge in [-0.05, 0) is 41.6 Å². The summed E-state index contributed by atoms with van der Waals surface area (Å²) in [6.07, 6.45) is 8.34. The molecule has 0 fully saturated rings. The first kappa shape index (κ1) is 41.1. The van der Waals surface area contributed by atoms with E-state index in [1.807, 2.05) is 103 Å². The molecular formula is C46H61NO5. The van der Waals surface area contributed by atoms with Crippen molar-refractivity contribution in [3.05, 3.63) is 156 Å². The summed E-state index contributed by atoms with van der Waals surface area (Å²) in [5.41, 5.74) is 4.14. The van der Waals surface area contributed by atoms with Crippen LogP contribution in [-0.2, 0) is 45.4 Å². The smallest absolute Gasteiger partial charge is 0.115 e. The van der Waals surface area contributed by atoms with Crippen molar-refractivity contribution in [2.45, 2.75) is 115 Å². The zero-order valence-electron chi connectivity index (χ0n) is 31.2. The molecule has 0 aromatic heterocycles. The van der Waals surface area contributed by atoms with Crippen molar-refractivity contribution >= 4 is 0 Å². The number of unbranched alkanes of at least 4 members (excludes halogenated alkanes) is 6. The summed E-state index contributed by atoms with van der Waals surface area (Å²) in [6, 6.07) is 40.2. The Kier molecular flexibility index (Phi) is 20.1.